The van der Waals surface area contributed by atoms with Crippen molar-refractivity contribution in [3.8, 4) is 0 Å². The Morgan fingerprint density at radius 2 is 1.79 bits per heavy atom. The van der Waals surface area contributed by atoms with Gasteiger partial charge in [0.05, 0.1) is 12.7 Å². The fourth-order valence-electron chi connectivity index (χ4n) is 2.60. The highest BCUT2D eigenvalue weighted by molar-refractivity contribution is 7.89. The van der Waals surface area contributed by atoms with Crippen molar-refractivity contribution in [2.24, 2.45) is 0 Å². The van der Waals surface area contributed by atoms with Gasteiger partial charge in [-0.1, -0.05) is 35.3 Å². The second kappa shape index (κ2) is 6.98. The van der Waals surface area contributed by atoms with Gasteiger partial charge >= 0.3 is 0 Å². The molecule has 0 radical (unpaired) electrons. The molecule has 24 heavy (non-hydrogen) atoms. The molecular formula is C16H14Cl2FNO3S. The van der Waals surface area contributed by atoms with Crippen LogP contribution in [0.25, 0.3) is 0 Å². The van der Waals surface area contributed by atoms with Crippen LogP contribution in [0, 0.1) is 5.82 Å². The topological polar surface area (TPSA) is 46.6 Å². The van der Waals surface area contributed by atoms with Gasteiger partial charge in [0.1, 0.15) is 10.7 Å². The molecule has 0 aromatic heterocycles. The van der Waals surface area contributed by atoms with Crippen LogP contribution in [0.1, 0.15) is 11.7 Å². The summed E-state index contributed by atoms with van der Waals surface area (Å²) in [4.78, 5) is -0.338. The maximum atomic E-state index is 13.9. The molecule has 3 rings (SSSR count). The summed E-state index contributed by atoms with van der Waals surface area (Å²) in [5.41, 5.74) is 0.681. The molecule has 128 valence electrons. The highest BCUT2D eigenvalue weighted by atomic mass is 35.5. The molecule has 1 heterocycles. The molecule has 0 bridgehead atoms. The Morgan fingerprint density at radius 1 is 1.12 bits per heavy atom. The lowest BCUT2D eigenvalue weighted by Crippen LogP contribution is -2.42. The van der Waals surface area contributed by atoms with E-state index in [4.69, 9.17) is 27.9 Å². The van der Waals surface area contributed by atoms with E-state index in [1.54, 1.807) is 18.2 Å². The summed E-state index contributed by atoms with van der Waals surface area (Å²) in [5, 5.41) is 0.880. The summed E-state index contributed by atoms with van der Waals surface area (Å²) in [5.74, 6) is -0.772. The van der Waals surface area contributed by atoms with Gasteiger partial charge in [0.25, 0.3) is 0 Å². The Bertz CT molecular complexity index is 840. The number of rotatable bonds is 3. The molecule has 0 amide bonds. The number of ether oxygens (including phenoxy) is 1. The lowest BCUT2D eigenvalue weighted by atomic mass is 10.1. The van der Waals surface area contributed by atoms with Gasteiger partial charge in [-0.2, -0.15) is 4.31 Å². The van der Waals surface area contributed by atoms with Gasteiger partial charge in [-0.15, -0.1) is 0 Å². The molecule has 1 unspecified atom stereocenters. The Kier molecular flexibility index (Phi) is 5.13. The van der Waals surface area contributed by atoms with Crippen molar-refractivity contribution < 1.29 is 17.5 Å². The van der Waals surface area contributed by atoms with Crippen molar-refractivity contribution in [1.82, 2.24) is 4.31 Å². The quantitative estimate of drug-likeness (QED) is 0.799. The summed E-state index contributed by atoms with van der Waals surface area (Å²) in [6.07, 6.45) is -0.517. The number of hydrogen-bond donors (Lipinski definition) is 0. The Hall–Kier alpha value is -1.18. The van der Waals surface area contributed by atoms with Crippen molar-refractivity contribution in [1.29, 1.82) is 0 Å². The second-order valence-corrected chi connectivity index (χ2v) is 8.13. The summed E-state index contributed by atoms with van der Waals surface area (Å²) < 4.78 is 46.2. The highest BCUT2D eigenvalue weighted by Crippen LogP contribution is 2.30. The van der Waals surface area contributed by atoms with E-state index in [9.17, 15) is 12.8 Å². The smallest absolute Gasteiger partial charge is 0.246 e. The van der Waals surface area contributed by atoms with Crippen LogP contribution in [0.3, 0.4) is 0 Å². The van der Waals surface area contributed by atoms with Gasteiger partial charge in [-0.25, -0.2) is 12.8 Å². The first-order valence-electron chi connectivity index (χ1n) is 7.20. The normalized spacial score (nSPS) is 19.4. The van der Waals surface area contributed by atoms with E-state index in [0.717, 1.165) is 6.07 Å². The van der Waals surface area contributed by atoms with Crippen molar-refractivity contribution in [3.05, 3.63) is 63.9 Å². The molecule has 8 heteroatoms. The molecule has 0 spiro atoms. The second-order valence-electron chi connectivity index (χ2n) is 5.36. The Labute approximate surface area is 149 Å². The van der Waals surface area contributed by atoms with E-state index < -0.39 is 21.9 Å². The van der Waals surface area contributed by atoms with E-state index >= 15 is 0 Å². The number of hydrogen-bond acceptors (Lipinski definition) is 3. The summed E-state index contributed by atoms with van der Waals surface area (Å²) >= 11 is 12.0. The maximum Gasteiger partial charge on any atom is 0.246 e. The summed E-state index contributed by atoms with van der Waals surface area (Å²) in [6.45, 7) is 0.414. The number of sulfonamides is 1. The Morgan fingerprint density at radius 3 is 2.46 bits per heavy atom. The zero-order valence-electron chi connectivity index (χ0n) is 12.5. The van der Waals surface area contributed by atoms with Crippen LogP contribution in [0.15, 0.2) is 47.4 Å². The minimum absolute atomic E-state index is 0.0628. The van der Waals surface area contributed by atoms with Crippen LogP contribution >= 0.6 is 23.2 Å². The first kappa shape index (κ1) is 17.6. The zero-order valence-corrected chi connectivity index (χ0v) is 14.8. The number of morpholine rings is 1. The van der Waals surface area contributed by atoms with Crippen LogP contribution in [0.2, 0.25) is 10.0 Å². The van der Waals surface area contributed by atoms with Gasteiger partial charge in [-0.3, -0.25) is 0 Å². The molecule has 4 nitrogen and oxygen atoms in total. The maximum absolute atomic E-state index is 13.9. The van der Waals surface area contributed by atoms with Crippen LogP contribution in [-0.4, -0.2) is 32.4 Å². The molecule has 2 aromatic rings. The first-order chi connectivity index (χ1) is 11.4. The van der Waals surface area contributed by atoms with Gasteiger partial charge in [0, 0.05) is 23.1 Å². The lowest BCUT2D eigenvalue weighted by Gasteiger charge is -2.32. The molecule has 1 aliphatic heterocycles. The van der Waals surface area contributed by atoms with Gasteiger partial charge in [-0.05, 0) is 35.9 Å². The van der Waals surface area contributed by atoms with Crippen LogP contribution in [0.5, 0.6) is 0 Å². The molecule has 1 aliphatic rings. The molecule has 2 aromatic carbocycles. The average molecular weight is 390 g/mol. The van der Waals surface area contributed by atoms with Crippen LogP contribution in [-0.2, 0) is 14.8 Å². The molecule has 1 fully saturated rings. The highest BCUT2D eigenvalue weighted by Gasteiger charge is 2.33. The van der Waals surface area contributed by atoms with Crippen LogP contribution in [0.4, 0.5) is 4.39 Å². The number of benzene rings is 2. The first-order valence-corrected chi connectivity index (χ1v) is 9.40. The molecule has 1 saturated heterocycles. The monoisotopic (exact) mass is 389 g/mol. The third-order valence-electron chi connectivity index (χ3n) is 3.74. The van der Waals surface area contributed by atoms with E-state index in [1.807, 2.05) is 0 Å². The summed E-state index contributed by atoms with van der Waals surface area (Å²) in [6, 6.07) is 10.3. The fraction of sp³-hybridized carbons (Fsp3) is 0.250. The van der Waals surface area contributed by atoms with Gasteiger partial charge in [0.2, 0.25) is 10.0 Å². The van der Waals surface area contributed by atoms with Crippen molar-refractivity contribution >= 4 is 33.2 Å². The molecule has 0 saturated carbocycles. The van der Waals surface area contributed by atoms with Crippen molar-refractivity contribution in [2.45, 2.75) is 11.0 Å². The van der Waals surface area contributed by atoms with E-state index in [1.165, 1.54) is 22.5 Å². The summed E-state index contributed by atoms with van der Waals surface area (Å²) in [7, 11) is -3.94. The predicted octanol–water partition coefficient (Wildman–Crippen LogP) is 3.89. The van der Waals surface area contributed by atoms with Gasteiger partial charge < -0.3 is 4.74 Å². The van der Waals surface area contributed by atoms with Crippen molar-refractivity contribution in [3.63, 3.8) is 0 Å². The van der Waals surface area contributed by atoms with Crippen LogP contribution < -0.4 is 0 Å². The van der Waals surface area contributed by atoms with Crippen molar-refractivity contribution in [2.75, 3.05) is 19.7 Å². The van der Waals surface area contributed by atoms with Gasteiger partial charge in [0.15, 0.2) is 0 Å². The number of nitrogens with zero attached hydrogens (tertiary/aromatic N) is 1. The SMILES string of the molecule is O=S(=O)(c1ccccc1F)N1CCOC(c2cc(Cl)cc(Cl)c2)C1. The average Bonchev–Trinajstić information content (AvgIpc) is 2.54. The molecule has 0 N–H and O–H groups in total. The predicted molar refractivity (Wildman–Crippen MR) is 90.3 cm³/mol. The molecular weight excluding hydrogens is 376 g/mol. The third-order valence-corrected chi connectivity index (χ3v) is 6.08. The zero-order chi connectivity index (χ0) is 17.3. The number of halogens is 3. The lowest BCUT2D eigenvalue weighted by molar-refractivity contribution is -0.00260. The minimum atomic E-state index is -3.94. The molecule has 0 aliphatic carbocycles. The minimum Gasteiger partial charge on any atom is -0.371 e. The van der Waals surface area contributed by atoms with E-state index in [2.05, 4.69) is 0 Å². The van der Waals surface area contributed by atoms with E-state index in [0.29, 0.717) is 15.6 Å². The fourth-order valence-corrected chi connectivity index (χ4v) is 4.63. The standard InChI is InChI=1S/C16H14Cl2FNO3S/c17-12-7-11(8-13(18)9-12)15-10-20(5-6-23-15)24(21,22)16-4-2-1-3-14(16)19/h1-4,7-9,15H,5-6,10H2. The molecule has 1 atom stereocenters. The largest absolute Gasteiger partial charge is 0.371 e. The van der Waals surface area contributed by atoms with E-state index in [-0.39, 0.29) is 24.6 Å². The Balaban J connectivity index is 1.89. The third kappa shape index (κ3) is 3.58.